The van der Waals surface area contributed by atoms with Gasteiger partial charge in [0, 0.05) is 25.3 Å². The van der Waals surface area contributed by atoms with Gasteiger partial charge in [0.2, 0.25) is 0 Å². The standard InChI is InChI=1S/C15H21NO4/c1-11(2)10-20-8-4-7-16-14(17)12-5-3-6-13(9-12)15(18)19/h3,5-6,9,11H,4,7-8,10H2,1-2H3,(H,16,17)(H,18,19). The molecule has 0 atom stereocenters. The molecule has 2 N–H and O–H groups in total. The van der Waals surface area contributed by atoms with Crippen LogP contribution in [0.3, 0.4) is 0 Å². The van der Waals surface area contributed by atoms with Gasteiger partial charge in [-0.1, -0.05) is 19.9 Å². The summed E-state index contributed by atoms with van der Waals surface area (Å²) in [5.74, 6) is -0.804. The number of carbonyl (C=O) groups is 2. The number of aromatic carboxylic acids is 1. The Bertz CT molecular complexity index is 457. The van der Waals surface area contributed by atoms with Crippen molar-refractivity contribution in [2.75, 3.05) is 19.8 Å². The molecule has 0 aliphatic carbocycles. The number of carbonyl (C=O) groups excluding carboxylic acids is 1. The van der Waals surface area contributed by atoms with Crippen LogP contribution in [0.2, 0.25) is 0 Å². The summed E-state index contributed by atoms with van der Waals surface area (Å²) in [6.45, 7) is 5.99. The van der Waals surface area contributed by atoms with Gasteiger partial charge in [0.25, 0.3) is 5.91 Å². The minimum absolute atomic E-state index is 0.109. The Morgan fingerprint density at radius 1 is 1.30 bits per heavy atom. The topological polar surface area (TPSA) is 75.6 Å². The Morgan fingerprint density at radius 2 is 2.00 bits per heavy atom. The van der Waals surface area contributed by atoms with Crippen molar-refractivity contribution in [1.82, 2.24) is 5.32 Å². The van der Waals surface area contributed by atoms with Gasteiger partial charge in [-0.3, -0.25) is 4.79 Å². The van der Waals surface area contributed by atoms with Crippen LogP contribution in [-0.4, -0.2) is 36.7 Å². The van der Waals surface area contributed by atoms with Gasteiger partial charge < -0.3 is 15.2 Å². The second kappa shape index (κ2) is 8.32. The van der Waals surface area contributed by atoms with Crippen molar-refractivity contribution < 1.29 is 19.4 Å². The summed E-state index contributed by atoms with van der Waals surface area (Å²) in [6, 6.07) is 5.98. The minimum Gasteiger partial charge on any atom is -0.478 e. The zero-order valence-electron chi connectivity index (χ0n) is 11.9. The first kappa shape index (κ1) is 16.2. The molecule has 0 saturated heterocycles. The molecule has 1 aromatic rings. The highest BCUT2D eigenvalue weighted by Crippen LogP contribution is 2.05. The van der Waals surface area contributed by atoms with Gasteiger partial charge in [0.05, 0.1) is 5.56 Å². The minimum atomic E-state index is -1.04. The maximum atomic E-state index is 11.8. The molecule has 0 aromatic heterocycles. The molecule has 0 fully saturated rings. The highest BCUT2D eigenvalue weighted by atomic mass is 16.5. The zero-order chi connectivity index (χ0) is 15.0. The van der Waals surface area contributed by atoms with Crippen LogP contribution < -0.4 is 5.32 Å². The first-order valence-corrected chi connectivity index (χ1v) is 6.70. The first-order valence-electron chi connectivity index (χ1n) is 6.70. The third kappa shape index (κ3) is 5.84. The number of rotatable bonds is 8. The monoisotopic (exact) mass is 279 g/mol. The second-order valence-electron chi connectivity index (χ2n) is 4.96. The Morgan fingerprint density at radius 3 is 2.65 bits per heavy atom. The molecule has 1 rings (SSSR count). The predicted molar refractivity (Wildman–Crippen MR) is 76.0 cm³/mol. The van der Waals surface area contributed by atoms with E-state index in [2.05, 4.69) is 19.2 Å². The van der Waals surface area contributed by atoms with E-state index in [0.29, 0.717) is 31.2 Å². The van der Waals surface area contributed by atoms with Gasteiger partial charge in [0.1, 0.15) is 0 Å². The van der Waals surface area contributed by atoms with Crippen molar-refractivity contribution in [2.24, 2.45) is 5.92 Å². The van der Waals surface area contributed by atoms with Crippen molar-refractivity contribution in [3.8, 4) is 0 Å². The van der Waals surface area contributed by atoms with Gasteiger partial charge in [-0.05, 0) is 30.5 Å². The van der Waals surface area contributed by atoms with E-state index < -0.39 is 5.97 Å². The number of hydrogen-bond donors (Lipinski definition) is 2. The van der Waals surface area contributed by atoms with E-state index in [-0.39, 0.29) is 11.5 Å². The van der Waals surface area contributed by atoms with Crippen molar-refractivity contribution >= 4 is 11.9 Å². The zero-order valence-corrected chi connectivity index (χ0v) is 11.9. The summed E-state index contributed by atoms with van der Waals surface area (Å²) < 4.78 is 5.40. The molecule has 5 nitrogen and oxygen atoms in total. The van der Waals surface area contributed by atoms with E-state index in [1.807, 2.05) is 0 Å². The summed E-state index contributed by atoms with van der Waals surface area (Å²) >= 11 is 0. The summed E-state index contributed by atoms with van der Waals surface area (Å²) in [5, 5.41) is 11.6. The number of ether oxygens (including phenoxy) is 1. The van der Waals surface area contributed by atoms with Crippen LogP contribution in [0.25, 0.3) is 0 Å². The lowest BCUT2D eigenvalue weighted by Crippen LogP contribution is -2.25. The summed E-state index contributed by atoms with van der Waals surface area (Å²) in [7, 11) is 0. The summed E-state index contributed by atoms with van der Waals surface area (Å²) in [4.78, 5) is 22.6. The van der Waals surface area contributed by atoms with Crippen LogP contribution in [-0.2, 0) is 4.74 Å². The molecule has 0 aliphatic heterocycles. The number of hydrogen-bond acceptors (Lipinski definition) is 3. The van der Waals surface area contributed by atoms with E-state index >= 15 is 0 Å². The maximum absolute atomic E-state index is 11.8. The molecule has 0 spiro atoms. The lowest BCUT2D eigenvalue weighted by atomic mass is 10.1. The average Bonchev–Trinajstić information content (AvgIpc) is 2.42. The van der Waals surface area contributed by atoms with E-state index in [1.165, 1.54) is 12.1 Å². The molecule has 0 unspecified atom stereocenters. The second-order valence-corrected chi connectivity index (χ2v) is 4.96. The highest BCUT2D eigenvalue weighted by Gasteiger charge is 2.08. The van der Waals surface area contributed by atoms with Crippen LogP contribution in [0.1, 0.15) is 41.0 Å². The van der Waals surface area contributed by atoms with E-state index in [1.54, 1.807) is 12.1 Å². The molecule has 5 heteroatoms. The van der Waals surface area contributed by atoms with Crippen molar-refractivity contribution in [1.29, 1.82) is 0 Å². The predicted octanol–water partition coefficient (Wildman–Crippen LogP) is 2.18. The first-order chi connectivity index (χ1) is 9.50. The quantitative estimate of drug-likeness (QED) is 0.715. The number of amides is 1. The molecule has 0 bridgehead atoms. The Kier molecular flexibility index (Phi) is 6.73. The largest absolute Gasteiger partial charge is 0.478 e. The van der Waals surface area contributed by atoms with Gasteiger partial charge in [0.15, 0.2) is 0 Å². The molecule has 1 amide bonds. The van der Waals surface area contributed by atoms with Crippen LogP contribution >= 0.6 is 0 Å². The third-order valence-electron chi connectivity index (χ3n) is 2.57. The molecular formula is C15H21NO4. The van der Waals surface area contributed by atoms with Crippen molar-refractivity contribution in [3.63, 3.8) is 0 Å². The fraction of sp³-hybridized carbons (Fsp3) is 0.467. The lowest BCUT2D eigenvalue weighted by Gasteiger charge is -2.08. The van der Waals surface area contributed by atoms with Crippen LogP contribution in [0, 0.1) is 5.92 Å². The van der Waals surface area contributed by atoms with Gasteiger partial charge >= 0.3 is 5.97 Å². The van der Waals surface area contributed by atoms with Crippen LogP contribution in [0.4, 0.5) is 0 Å². The maximum Gasteiger partial charge on any atom is 0.335 e. The Labute approximate surface area is 118 Å². The van der Waals surface area contributed by atoms with Crippen LogP contribution in [0.5, 0.6) is 0 Å². The summed E-state index contributed by atoms with van der Waals surface area (Å²) in [6.07, 6.45) is 0.733. The van der Waals surface area contributed by atoms with Crippen LogP contribution in [0.15, 0.2) is 24.3 Å². The van der Waals surface area contributed by atoms with E-state index in [0.717, 1.165) is 6.42 Å². The number of carboxylic acids is 1. The number of benzene rings is 1. The molecule has 110 valence electrons. The lowest BCUT2D eigenvalue weighted by molar-refractivity contribution is 0.0697. The highest BCUT2D eigenvalue weighted by molar-refractivity contribution is 5.97. The van der Waals surface area contributed by atoms with E-state index in [4.69, 9.17) is 9.84 Å². The smallest absolute Gasteiger partial charge is 0.335 e. The molecule has 20 heavy (non-hydrogen) atoms. The van der Waals surface area contributed by atoms with E-state index in [9.17, 15) is 9.59 Å². The molecule has 0 radical (unpaired) electrons. The Balaban J connectivity index is 2.32. The molecule has 0 heterocycles. The fourth-order valence-electron chi connectivity index (χ4n) is 1.59. The Hall–Kier alpha value is -1.88. The third-order valence-corrected chi connectivity index (χ3v) is 2.57. The van der Waals surface area contributed by atoms with Crippen molar-refractivity contribution in [3.05, 3.63) is 35.4 Å². The van der Waals surface area contributed by atoms with Crippen molar-refractivity contribution in [2.45, 2.75) is 20.3 Å². The normalized spacial score (nSPS) is 10.6. The average molecular weight is 279 g/mol. The fourth-order valence-corrected chi connectivity index (χ4v) is 1.59. The molecular weight excluding hydrogens is 258 g/mol. The number of carboxylic acid groups (broad SMARTS) is 1. The van der Waals surface area contributed by atoms with Gasteiger partial charge in [-0.2, -0.15) is 0 Å². The van der Waals surface area contributed by atoms with Gasteiger partial charge in [-0.15, -0.1) is 0 Å². The van der Waals surface area contributed by atoms with Gasteiger partial charge in [-0.25, -0.2) is 4.79 Å². The molecule has 0 saturated carbocycles. The SMILES string of the molecule is CC(C)COCCCNC(=O)c1cccc(C(=O)O)c1. The molecule has 0 aliphatic rings. The summed E-state index contributed by atoms with van der Waals surface area (Å²) in [5.41, 5.74) is 0.464. The number of nitrogens with one attached hydrogen (secondary N) is 1. The molecule has 1 aromatic carbocycles.